The highest BCUT2D eigenvalue weighted by atomic mass is 35.5. The number of likely N-dealkylation sites (tertiary alicyclic amines) is 1. The molecule has 0 aromatic heterocycles. The molecule has 1 aromatic carbocycles. The Kier molecular flexibility index (Phi) is 5.30. The molecular weight excluding hydrogens is 383 g/mol. The summed E-state index contributed by atoms with van der Waals surface area (Å²) in [7, 11) is 0. The Labute approximate surface area is 143 Å². The van der Waals surface area contributed by atoms with Crippen molar-refractivity contribution in [2.24, 2.45) is 11.8 Å². The van der Waals surface area contributed by atoms with Crippen LogP contribution in [-0.4, -0.2) is 36.2 Å². The van der Waals surface area contributed by atoms with Gasteiger partial charge in [0.1, 0.15) is 0 Å². The van der Waals surface area contributed by atoms with Crippen molar-refractivity contribution in [3.05, 3.63) is 33.8 Å². The highest BCUT2D eigenvalue weighted by Crippen LogP contribution is 2.42. The number of rotatable bonds is 1. The van der Waals surface area contributed by atoms with Gasteiger partial charge in [-0.2, -0.15) is 26.3 Å². The van der Waals surface area contributed by atoms with Crippen LogP contribution < -0.4 is 0 Å². The molecular formula is C14H11Cl2F6NO. The summed E-state index contributed by atoms with van der Waals surface area (Å²) in [4.78, 5) is 12.9. The molecule has 1 heterocycles. The summed E-state index contributed by atoms with van der Waals surface area (Å²) in [5, 5.41) is -0.268. The molecule has 0 saturated carbocycles. The maximum Gasteiger partial charge on any atom is 0.393 e. The molecule has 10 heteroatoms. The third-order valence-corrected chi connectivity index (χ3v) is 4.47. The third-order valence-electron chi connectivity index (χ3n) is 3.84. The smallest absolute Gasteiger partial charge is 0.337 e. The molecule has 2 rings (SSSR count). The Morgan fingerprint density at radius 1 is 0.958 bits per heavy atom. The number of hydrogen-bond acceptors (Lipinski definition) is 1. The second kappa shape index (κ2) is 6.63. The zero-order chi connectivity index (χ0) is 18.3. The summed E-state index contributed by atoms with van der Waals surface area (Å²) in [5.41, 5.74) is -0.301. The average Bonchev–Trinajstić information content (AvgIpc) is 2.44. The van der Waals surface area contributed by atoms with Gasteiger partial charge >= 0.3 is 12.4 Å². The van der Waals surface area contributed by atoms with E-state index in [0.717, 1.165) is 0 Å². The Morgan fingerprint density at radius 2 is 1.38 bits per heavy atom. The van der Waals surface area contributed by atoms with Crippen molar-refractivity contribution in [2.75, 3.05) is 13.1 Å². The van der Waals surface area contributed by atoms with Crippen LogP contribution in [0.3, 0.4) is 0 Å². The number of benzene rings is 1. The molecule has 0 N–H and O–H groups in total. The van der Waals surface area contributed by atoms with E-state index >= 15 is 0 Å². The molecule has 0 spiro atoms. The summed E-state index contributed by atoms with van der Waals surface area (Å²) in [6, 6.07) is 3.98. The lowest BCUT2D eigenvalue weighted by Gasteiger charge is -2.39. The number of halogens is 8. The molecule has 24 heavy (non-hydrogen) atoms. The van der Waals surface area contributed by atoms with Crippen molar-refractivity contribution in [1.29, 1.82) is 0 Å². The molecule has 1 aliphatic rings. The van der Waals surface area contributed by atoms with Gasteiger partial charge < -0.3 is 4.90 Å². The van der Waals surface area contributed by atoms with E-state index in [4.69, 9.17) is 23.2 Å². The minimum Gasteiger partial charge on any atom is -0.337 e. The predicted octanol–water partition coefficient (Wildman–Crippen LogP) is 5.20. The molecule has 1 aliphatic heterocycles. The number of carbonyl (C=O) groups is 1. The maximum absolute atomic E-state index is 12.9. The summed E-state index contributed by atoms with van der Waals surface area (Å²) in [5.74, 6) is -5.57. The van der Waals surface area contributed by atoms with Gasteiger partial charge in [-0.1, -0.05) is 29.3 Å². The van der Waals surface area contributed by atoms with Gasteiger partial charge in [-0.15, -0.1) is 0 Å². The van der Waals surface area contributed by atoms with Gasteiger partial charge in [-0.3, -0.25) is 4.79 Å². The van der Waals surface area contributed by atoms with Crippen molar-refractivity contribution in [3.63, 3.8) is 0 Å². The first kappa shape index (κ1) is 19.2. The summed E-state index contributed by atoms with van der Waals surface area (Å²) in [6.07, 6.45) is -10.8. The van der Waals surface area contributed by atoms with E-state index in [1.807, 2.05) is 0 Å². The van der Waals surface area contributed by atoms with Gasteiger partial charge in [0, 0.05) is 13.1 Å². The topological polar surface area (TPSA) is 20.3 Å². The van der Waals surface area contributed by atoms with E-state index < -0.39 is 49.6 Å². The third kappa shape index (κ3) is 4.08. The molecule has 2 unspecified atom stereocenters. The Balaban J connectivity index is 2.35. The Morgan fingerprint density at radius 3 is 1.75 bits per heavy atom. The lowest BCUT2D eigenvalue weighted by atomic mass is 9.88. The zero-order valence-corrected chi connectivity index (χ0v) is 13.4. The number of piperidine rings is 1. The summed E-state index contributed by atoms with van der Waals surface area (Å²) >= 11 is 11.6. The minimum absolute atomic E-state index is 0.134. The van der Waals surface area contributed by atoms with E-state index in [0.29, 0.717) is 4.90 Å². The van der Waals surface area contributed by atoms with Gasteiger partial charge in [-0.25, -0.2) is 0 Å². The molecule has 1 fully saturated rings. The van der Waals surface area contributed by atoms with Crippen molar-refractivity contribution in [1.82, 2.24) is 4.90 Å². The van der Waals surface area contributed by atoms with Crippen LogP contribution in [0, 0.1) is 11.8 Å². The van der Waals surface area contributed by atoms with E-state index in [9.17, 15) is 31.1 Å². The van der Waals surface area contributed by atoms with Crippen LogP contribution in [0.4, 0.5) is 26.3 Å². The SMILES string of the molecule is O=C(c1c(Cl)cccc1Cl)N1CC(C(F)(F)F)CC(C(F)(F)F)C1. The number of nitrogens with zero attached hydrogens (tertiary/aromatic N) is 1. The van der Waals surface area contributed by atoms with Crippen molar-refractivity contribution < 1.29 is 31.1 Å². The zero-order valence-electron chi connectivity index (χ0n) is 11.9. The van der Waals surface area contributed by atoms with Crippen LogP contribution in [-0.2, 0) is 0 Å². The predicted molar refractivity (Wildman–Crippen MR) is 76.1 cm³/mol. The Bertz CT molecular complexity index is 588. The van der Waals surface area contributed by atoms with Gasteiger partial charge in [-0.05, 0) is 18.6 Å². The highest BCUT2D eigenvalue weighted by Gasteiger charge is 2.52. The van der Waals surface area contributed by atoms with Crippen molar-refractivity contribution in [3.8, 4) is 0 Å². The first-order valence-electron chi connectivity index (χ1n) is 6.78. The molecule has 1 saturated heterocycles. The fourth-order valence-electron chi connectivity index (χ4n) is 2.60. The van der Waals surface area contributed by atoms with Gasteiger partial charge in [0.2, 0.25) is 0 Å². The quantitative estimate of drug-likeness (QED) is 0.600. The first-order chi connectivity index (χ1) is 10.9. The molecule has 0 aliphatic carbocycles. The lowest BCUT2D eigenvalue weighted by Crippen LogP contribution is -2.51. The molecule has 2 nitrogen and oxygen atoms in total. The number of alkyl halides is 6. The standard InChI is InChI=1S/C14H11Cl2F6NO/c15-9-2-1-3-10(16)11(9)12(24)23-5-7(13(17,18)19)4-8(6-23)14(20,21)22/h1-3,7-8H,4-6H2. The van der Waals surface area contributed by atoms with Gasteiger partial charge in [0.05, 0.1) is 27.4 Å². The van der Waals surface area contributed by atoms with Gasteiger partial charge in [0.25, 0.3) is 5.91 Å². The van der Waals surface area contributed by atoms with Crippen molar-refractivity contribution in [2.45, 2.75) is 18.8 Å². The first-order valence-corrected chi connectivity index (χ1v) is 7.53. The molecule has 1 aromatic rings. The monoisotopic (exact) mass is 393 g/mol. The highest BCUT2D eigenvalue weighted by molar-refractivity contribution is 6.39. The van der Waals surface area contributed by atoms with Gasteiger partial charge in [0.15, 0.2) is 0 Å². The largest absolute Gasteiger partial charge is 0.393 e. The summed E-state index contributed by atoms with van der Waals surface area (Å²) in [6.45, 7) is -1.73. The second-order valence-electron chi connectivity index (χ2n) is 5.52. The van der Waals surface area contributed by atoms with Crippen LogP contribution in [0.1, 0.15) is 16.8 Å². The maximum atomic E-state index is 12.9. The van der Waals surface area contributed by atoms with Crippen LogP contribution in [0.2, 0.25) is 10.0 Å². The van der Waals surface area contributed by atoms with Crippen LogP contribution in [0.5, 0.6) is 0 Å². The fourth-order valence-corrected chi connectivity index (χ4v) is 3.16. The lowest BCUT2D eigenvalue weighted by molar-refractivity contribution is -0.226. The minimum atomic E-state index is -4.84. The van der Waals surface area contributed by atoms with Crippen molar-refractivity contribution >= 4 is 29.1 Å². The van der Waals surface area contributed by atoms with E-state index in [1.54, 1.807) is 0 Å². The van der Waals surface area contributed by atoms with Crippen LogP contribution in [0.25, 0.3) is 0 Å². The fraction of sp³-hybridized carbons (Fsp3) is 0.500. The normalized spacial score (nSPS) is 22.6. The molecule has 1 amide bonds. The molecule has 0 bridgehead atoms. The van der Waals surface area contributed by atoms with Crippen LogP contribution in [0.15, 0.2) is 18.2 Å². The number of amides is 1. The van der Waals surface area contributed by atoms with E-state index in [2.05, 4.69) is 0 Å². The summed E-state index contributed by atoms with van der Waals surface area (Å²) < 4.78 is 77.7. The van der Waals surface area contributed by atoms with E-state index in [-0.39, 0.29) is 15.6 Å². The van der Waals surface area contributed by atoms with Crippen LogP contribution >= 0.6 is 23.2 Å². The molecule has 134 valence electrons. The molecule has 2 atom stereocenters. The second-order valence-corrected chi connectivity index (χ2v) is 6.33. The number of carbonyl (C=O) groups excluding carboxylic acids is 1. The van der Waals surface area contributed by atoms with E-state index in [1.165, 1.54) is 18.2 Å². The Hall–Kier alpha value is -1.15. The average molecular weight is 394 g/mol. The number of hydrogen-bond donors (Lipinski definition) is 0. The molecule has 0 radical (unpaired) electrons.